The van der Waals surface area contributed by atoms with Crippen LogP contribution in [-0.2, 0) is 27.2 Å². The molecular weight excluding hydrogens is 426 g/mol. The van der Waals surface area contributed by atoms with Crippen molar-refractivity contribution >= 4 is 57.0 Å². The number of hydrogen-bond acceptors (Lipinski definition) is 9. The van der Waals surface area contributed by atoms with Crippen LogP contribution in [0.2, 0.25) is 0 Å². The summed E-state index contributed by atoms with van der Waals surface area (Å²) < 4.78 is 5.18. The van der Waals surface area contributed by atoms with Gasteiger partial charge in [-0.15, -0.1) is 11.3 Å². The van der Waals surface area contributed by atoms with Crippen LogP contribution < -0.4 is 10.6 Å². The Hall–Kier alpha value is -2.79. The number of aromatic nitrogens is 2. The molecule has 11 heteroatoms. The molecule has 1 aliphatic heterocycles. The van der Waals surface area contributed by atoms with Crippen molar-refractivity contribution in [1.29, 1.82) is 0 Å². The molecule has 1 unspecified atom stereocenters. The number of anilines is 1. The van der Waals surface area contributed by atoms with E-state index in [4.69, 9.17) is 4.74 Å². The van der Waals surface area contributed by atoms with Crippen LogP contribution in [0.25, 0.3) is 0 Å². The first-order chi connectivity index (χ1) is 14.5. The number of nitrogens with zero attached hydrogens (tertiary/aromatic N) is 3. The number of amides is 2. The van der Waals surface area contributed by atoms with Gasteiger partial charge in [0, 0.05) is 23.7 Å². The van der Waals surface area contributed by atoms with Crippen LogP contribution in [0.15, 0.2) is 23.5 Å². The first-order valence-corrected chi connectivity index (χ1v) is 11.2. The Morgan fingerprint density at radius 1 is 1.33 bits per heavy atom. The quantitative estimate of drug-likeness (QED) is 0.655. The van der Waals surface area contributed by atoms with Crippen LogP contribution in [-0.4, -0.2) is 44.8 Å². The Kier molecular flexibility index (Phi) is 6.09. The molecule has 0 aromatic carbocycles. The molecule has 156 valence electrons. The number of hydrogen-bond donors (Lipinski definition) is 2. The van der Waals surface area contributed by atoms with Gasteiger partial charge in [0.05, 0.1) is 12.2 Å². The van der Waals surface area contributed by atoms with E-state index >= 15 is 0 Å². The number of aryl methyl sites for hydroxylation is 1. The molecule has 4 rings (SSSR count). The lowest BCUT2D eigenvalue weighted by Gasteiger charge is -2.09. The fraction of sp³-hybridized carbons (Fsp3) is 0.368. The van der Waals surface area contributed by atoms with Crippen LogP contribution >= 0.6 is 23.1 Å². The van der Waals surface area contributed by atoms with Crippen molar-refractivity contribution in [2.24, 2.45) is 4.99 Å². The van der Waals surface area contributed by atoms with Crippen molar-refractivity contribution in [3.63, 3.8) is 0 Å². The highest BCUT2D eigenvalue weighted by molar-refractivity contribution is 8.15. The van der Waals surface area contributed by atoms with Gasteiger partial charge in [0.1, 0.15) is 10.3 Å². The number of carbonyl (C=O) groups excluding carboxylic acids is 3. The van der Waals surface area contributed by atoms with E-state index in [0.717, 1.165) is 41.5 Å². The average molecular weight is 446 g/mol. The monoisotopic (exact) mass is 445 g/mol. The number of fused-ring (bicyclic) bond motifs is 1. The number of aliphatic imine (C=N–C) groups is 1. The normalized spacial score (nSPS) is 18.9. The summed E-state index contributed by atoms with van der Waals surface area (Å²) in [4.78, 5) is 50.5. The molecule has 3 heterocycles. The molecule has 2 aliphatic rings. The zero-order chi connectivity index (χ0) is 21.1. The molecule has 1 saturated heterocycles. The van der Waals surface area contributed by atoms with Crippen molar-refractivity contribution in [2.75, 3.05) is 11.9 Å². The van der Waals surface area contributed by atoms with Crippen LogP contribution in [0.1, 0.15) is 40.6 Å². The van der Waals surface area contributed by atoms with Crippen LogP contribution in [0.3, 0.4) is 0 Å². The number of amidine groups is 1. The SMILES string of the molecule is CCOC(=O)c1c(NC(=O)CC2S/C(=N\c3ncccn3)NC2=O)sc2c1CCC2. The zero-order valence-electron chi connectivity index (χ0n) is 16.1. The maximum atomic E-state index is 12.6. The molecule has 9 nitrogen and oxygen atoms in total. The first-order valence-electron chi connectivity index (χ1n) is 9.50. The molecule has 2 amide bonds. The molecule has 1 fully saturated rings. The minimum Gasteiger partial charge on any atom is -0.462 e. The van der Waals surface area contributed by atoms with Crippen LogP contribution in [0.4, 0.5) is 10.9 Å². The predicted molar refractivity (Wildman–Crippen MR) is 114 cm³/mol. The van der Waals surface area contributed by atoms with Gasteiger partial charge in [-0.05, 0) is 37.8 Å². The van der Waals surface area contributed by atoms with Crippen molar-refractivity contribution in [3.05, 3.63) is 34.5 Å². The van der Waals surface area contributed by atoms with Gasteiger partial charge < -0.3 is 15.4 Å². The van der Waals surface area contributed by atoms with Gasteiger partial charge in [0.2, 0.25) is 11.8 Å². The van der Waals surface area contributed by atoms with E-state index in [1.807, 2.05) is 0 Å². The van der Waals surface area contributed by atoms with E-state index in [-0.39, 0.29) is 30.8 Å². The highest BCUT2D eigenvalue weighted by Crippen LogP contribution is 2.39. The maximum Gasteiger partial charge on any atom is 0.341 e. The second-order valence-electron chi connectivity index (χ2n) is 6.60. The van der Waals surface area contributed by atoms with Gasteiger partial charge in [-0.25, -0.2) is 14.8 Å². The number of ether oxygens (including phenoxy) is 1. The van der Waals surface area contributed by atoms with E-state index in [1.54, 1.807) is 25.4 Å². The maximum absolute atomic E-state index is 12.6. The minimum atomic E-state index is -0.620. The summed E-state index contributed by atoms with van der Waals surface area (Å²) in [7, 11) is 0. The Morgan fingerprint density at radius 2 is 2.13 bits per heavy atom. The number of esters is 1. The fourth-order valence-corrected chi connectivity index (χ4v) is 5.55. The molecule has 0 saturated carbocycles. The minimum absolute atomic E-state index is 0.0456. The first kappa shape index (κ1) is 20.5. The number of thioether (sulfide) groups is 1. The molecule has 2 aromatic rings. The van der Waals surface area contributed by atoms with Crippen molar-refractivity contribution in [3.8, 4) is 0 Å². The van der Waals surface area contributed by atoms with Gasteiger partial charge in [-0.1, -0.05) is 11.8 Å². The smallest absolute Gasteiger partial charge is 0.341 e. The van der Waals surface area contributed by atoms with E-state index in [0.29, 0.717) is 15.7 Å². The second-order valence-corrected chi connectivity index (χ2v) is 8.89. The molecule has 0 spiro atoms. The number of nitrogens with one attached hydrogen (secondary N) is 2. The summed E-state index contributed by atoms with van der Waals surface area (Å²) >= 11 is 2.57. The lowest BCUT2D eigenvalue weighted by molar-refractivity contribution is -0.122. The highest BCUT2D eigenvalue weighted by Gasteiger charge is 2.34. The molecule has 0 bridgehead atoms. The highest BCUT2D eigenvalue weighted by atomic mass is 32.2. The second kappa shape index (κ2) is 8.92. The van der Waals surface area contributed by atoms with Crippen molar-refractivity contribution in [2.45, 2.75) is 37.9 Å². The predicted octanol–water partition coefficient (Wildman–Crippen LogP) is 2.45. The molecular formula is C19H19N5O4S2. The van der Waals surface area contributed by atoms with Gasteiger partial charge in [0.25, 0.3) is 5.95 Å². The topological polar surface area (TPSA) is 123 Å². The standard InChI is InChI=1S/C19H19N5O4S2/c1-2-28-17(27)14-10-5-3-6-11(10)29-16(14)22-13(25)9-12-15(26)23-19(30-12)24-18-20-7-4-8-21-18/h4,7-8,12H,2-3,5-6,9H2,1H3,(H,22,25)(H,20,21,23,24,26). The third-order valence-corrected chi connectivity index (χ3v) is 6.84. The third-order valence-electron chi connectivity index (χ3n) is 4.55. The number of rotatable bonds is 6. The average Bonchev–Trinajstić information content (AvgIpc) is 3.38. The molecule has 30 heavy (non-hydrogen) atoms. The molecule has 2 aromatic heterocycles. The van der Waals surface area contributed by atoms with Gasteiger partial charge >= 0.3 is 5.97 Å². The van der Waals surface area contributed by atoms with Gasteiger partial charge in [0.15, 0.2) is 5.17 Å². The molecule has 1 aliphatic carbocycles. The van der Waals surface area contributed by atoms with E-state index in [2.05, 4.69) is 25.6 Å². The molecule has 2 N–H and O–H groups in total. The zero-order valence-corrected chi connectivity index (χ0v) is 17.8. The van der Waals surface area contributed by atoms with E-state index in [9.17, 15) is 14.4 Å². The van der Waals surface area contributed by atoms with Crippen molar-refractivity contribution in [1.82, 2.24) is 15.3 Å². The Morgan fingerprint density at radius 3 is 2.90 bits per heavy atom. The van der Waals surface area contributed by atoms with Crippen LogP contribution in [0.5, 0.6) is 0 Å². The summed E-state index contributed by atoms with van der Waals surface area (Å²) in [5, 5.41) is 5.69. The lowest BCUT2D eigenvalue weighted by atomic mass is 10.1. The summed E-state index contributed by atoms with van der Waals surface area (Å²) in [5.41, 5.74) is 1.42. The van der Waals surface area contributed by atoms with Crippen LogP contribution in [0, 0.1) is 0 Å². The summed E-state index contributed by atoms with van der Waals surface area (Å²) in [6.07, 6.45) is 5.75. The van der Waals surface area contributed by atoms with E-state index < -0.39 is 11.2 Å². The van der Waals surface area contributed by atoms with E-state index in [1.165, 1.54) is 11.3 Å². The van der Waals surface area contributed by atoms with Gasteiger partial charge in [-0.3, -0.25) is 9.59 Å². The molecule has 1 atom stereocenters. The summed E-state index contributed by atoms with van der Waals surface area (Å²) in [6, 6.07) is 1.67. The lowest BCUT2D eigenvalue weighted by Crippen LogP contribution is -2.28. The Bertz CT molecular complexity index is 1020. The third kappa shape index (κ3) is 4.36. The number of carbonyl (C=O) groups is 3. The van der Waals surface area contributed by atoms with Gasteiger partial charge in [-0.2, -0.15) is 4.99 Å². The Balaban J connectivity index is 1.44. The largest absolute Gasteiger partial charge is 0.462 e. The van der Waals surface area contributed by atoms with Crippen molar-refractivity contribution < 1.29 is 19.1 Å². The summed E-state index contributed by atoms with van der Waals surface area (Å²) in [5.74, 6) is -0.829. The molecule has 0 radical (unpaired) electrons. The number of thiophene rings is 1. The fourth-order valence-electron chi connectivity index (χ4n) is 3.29. The Labute approximate surface area is 180 Å². The summed E-state index contributed by atoms with van der Waals surface area (Å²) in [6.45, 7) is 2.02.